The van der Waals surface area contributed by atoms with Crippen molar-refractivity contribution in [2.24, 2.45) is 5.92 Å². The lowest BCUT2D eigenvalue weighted by Gasteiger charge is -2.26. The van der Waals surface area contributed by atoms with Gasteiger partial charge in [0, 0.05) is 38.7 Å². The molecule has 3 rings (SSSR count). The van der Waals surface area contributed by atoms with Crippen LogP contribution in [0.2, 0.25) is 0 Å². The zero-order chi connectivity index (χ0) is 13.1. The third kappa shape index (κ3) is 3.70. The van der Waals surface area contributed by atoms with Gasteiger partial charge in [-0.2, -0.15) is 4.98 Å². The average Bonchev–Trinajstić information content (AvgIpc) is 3.14. The first-order valence-corrected chi connectivity index (χ1v) is 7.28. The molecule has 0 aromatic carbocycles. The SMILES string of the molecule is CN(CC1CCCOC1)c1nc(CNC2CC2)co1. The molecule has 1 aromatic rings. The third-order valence-electron chi connectivity index (χ3n) is 3.80. The number of anilines is 1. The molecule has 1 N–H and O–H groups in total. The maximum atomic E-state index is 5.55. The molecule has 0 spiro atoms. The number of ether oxygens (including phenoxy) is 1. The minimum Gasteiger partial charge on any atom is -0.432 e. The number of hydrogen-bond acceptors (Lipinski definition) is 5. The summed E-state index contributed by atoms with van der Waals surface area (Å²) in [6.45, 7) is 3.54. The standard InChI is InChI=1S/C14H23N3O2/c1-17(8-11-3-2-6-18-9-11)14-16-13(10-19-14)7-15-12-4-5-12/h10-12,15H,2-9H2,1H3. The van der Waals surface area contributed by atoms with Crippen LogP contribution in [0.25, 0.3) is 0 Å². The van der Waals surface area contributed by atoms with Crippen molar-refractivity contribution in [2.45, 2.75) is 38.3 Å². The number of hydrogen-bond donors (Lipinski definition) is 1. The van der Waals surface area contributed by atoms with E-state index in [0.29, 0.717) is 12.0 Å². The lowest BCUT2D eigenvalue weighted by atomic mass is 10.0. The molecule has 2 fully saturated rings. The number of rotatable bonds is 6. The summed E-state index contributed by atoms with van der Waals surface area (Å²) in [6, 6.07) is 1.43. The molecule has 1 aliphatic carbocycles. The van der Waals surface area contributed by atoms with E-state index in [1.807, 2.05) is 7.05 Å². The smallest absolute Gasteiger partial charge is 0.297 e. The maximum absolute atomic E-state index is 5.55. The van der Waals surface area contributed by atoms with Gasteiger partial charge in [0.2, 0.25) is 0 Å². The van der Waals surface area contributed by atoms with Gasteiger partial charge in [-0.15, -0.1) is 0 Å². The summed E-state index contributed by atoms with van der Waals surface area (Å²) in [5.41, 5.74) is 0.994. The Morgan fingerprint density at radius 3 is 3.05 bits per heavy atom. The van der Waals surface area contributed by atoms with E-state index < -0.39 is 0 Å². The molecule has 1 atom stereocenters. The largest absolute Gasteiger partial charge is 0.432 e. The monoisotopic (exact) mass is 265 g/mol. The number of nitrogens with one attached hydrogen (secondary N) is 1. The predicted molar refractivity (Wildman–Crippen MR) is 73.2 cm³/mol. The second-order valence-corrected chi connectivity index (χ2v) is 5.74. The van der Waals surface area contributed by atoms with Gasteiger partial charge in [0.1, 0.15) is 6.26 Å². The van der Waals surface area contributed by atoms with Crippen LogP contribution in [0.4, 0.5) is 6.01 Å². The lowest BCUT2D eigenvalue weighted by Crippen LogP contribution is -2.31. The fourth-order valence-electron chi connectivity index (χ4n) is 2.51. The zero-order valence-corrected chi connectivity index (χ0v) is 11.6. The van der Waals surface area contributed by atoms with E-state index in [0.717, 1.165) is 38.0 Å². The normalized spacial score (nSPS) is 23.5. The second kappa shape index (κ2) is 5.92. The highest BCUT2D eigenvalue weighted by atomic mass is 16.5. The molecule has 5 nitrogen and oxygen atoms in total. The Balaban J connectivity index is 1.48. The van der Waals surface area contributed by atoms with Crippen LogP contribution in [-0.4, -0.2) is 37.8 Å². The highest BCUT2D eigenvalue weighted by Crippen LogP contribution is 2.21. The van der Waals surface area contributed by atoms with Crippen LogP contribution in [0.15, 0.2) is 10.7 Å². The molecular formula is C14H23N3O2. The Morgan fingerprint density at radius 2 is 2.32 bits per heavy atom. The van der Waals surface area contributed by atoms with E-state index >= 15 is 0 Å². The van der Waals surface area contributed by atoms with E-state index in [-0.39, 0.29) is 0 Å². The van der Waals surface area contributed by atoms with Crippen molar-refractivity contribution in [1.82, 2.24) is 10.3 Å². The molecule has 1 aliphatic heterocycles. The molecule has 2 aliphatic rings. The molecule has 0 bridgehead atoms. The average molecular weight is 265 g/mol. The van der Waals surface area contributed by atoms with Gasteiger partial charge in [-0.05, 0) is 25.7 Å². The van der Waals surface area contributed by atoms with E-state index in [1.54, 1.807) is 6.26 Å². The first-order chi connectivity index (χ1) is 9.31. The predicted octanol–water partition coefficient (Wildman–Crippen LogP) is 1.79. The van der Waals surface area contributed by atoms with Crippen molar-refractivity contribution in [3.05, 3.63) is 12.0 Å². The third-order valence-corrected chi connectivity index (χ3v) is 3.80. The van der Waals surface area contributed by atoms with E-state index in [2.05, 4.69) is 15.2 Å². The highest BCUT2D eigenvalue weighted by molar-refractivity contribution is 5.25. The number of oxazole rings is 1. The lowest BCUT2D eigenvalue weighted by molar-refractivity contribution is 0.0573. The second-order valence-electron chi connectivity index (χ2n) is 5.74. The molecule has 1 saturated carbocycles. The van der Waals surface area contributed by atoms with Crippen LogP contribution >= 0.6 is 0 Å². The fraction of sp³-hybridized carbons (Fsp3) is 0.786. The molecule has 5 heteroatoms. The van der Waals surface area contributed by atoms with Gasteiger partial charge in [0.15, 0.2) is 0 Å². The van der Waals surface area contributed by atoms with Gasteiger partial charge >= 0.3 is 0 Å². The van der Waals surface area contributed by atoms with Gasteiger partial charge in [0.25, 0.3) is 6.01 Å². The fourth-order valence-corrected chi connectivity index (χ4v) is 2.51. The summed E-state index contributed by atoms with van der Waals surface area (Å²) in [5, 5.41) is 3.45. The molecule has 1 aromatic heterocycles. The van der Waals surface area contributed by atoms with Crippen molar-refractivity contribution in [1.29, 1.82) is 0 Å². The van der Waals surface area contributed by atoms with Crippen LogP contribution in [0.3, 0.4) is 0 Å². The molecule has 106 valence electrons. The van der Waals surface area contributed by atoms with E-state index in [1.165, 1.54) is 25.7 Å². The van der Waals surface area contributed by atoms with Gasteiger partial charge in [-0.1, -0.05) is 0 Å². The Bertz CT molecular complexity index is 397. The van der Waals surface area contributed by atoms with Crippen molar-refractivity contribution in [3.8, 4) is 0 Å². The highest BCUT2D eigenvalue weighted by Gasteiger charge is 2.21. The summed E-state index contributed by atoms with van der Waals surface area (Å²) >= 11 is 0. The van der Waals surface area contributed by atoms with Crippen LogP contribution in [0.5, 0.6) is 0 Å². The summed E-state index contributed by atoms with van der Waals surface area (Å²) in [4.78, 5) is 6.63. The minimum absolute atomic E-state index is 0.596. The van der Waals surface area contributed by atoms with Gasteiger partial charge in [-0.3, -0.25) is 0 Å². The van der Waals surface area contributed by atoms with Crippen LogP contribution in [0, 0.1) is 5.92 Å². The molecule has 0 amide bonds. The zero-order valence-electron chi connectivity index (χ0n) is 11.6. The van der Waals surface area contributed by atoms with Crippen LogP contribution in [-0.2, 0) is 11.3 Å². The quantitative estimate of drug-likeness (QED) is 0.850. The van der Waals surface area contributed by atoms with Crippen molar-refractivity contribution in [2.75, 3.05) is 31.7 Å². The van der Waals surface area contributed by atoms with Gasteiger partial charge in [0.05, 0.1) is 12.3 Å². The molecule has 1 unspecified atom stereocenters. The number of aromatic nitrogens is 1. The topological polar surface area (TPSA) is 50.5 Å². The Morgan fingerprint density at radius 1 is 1.42 bits per heavy atom. The van der Waals surface area contributed by atoms with E-state index in [9.17, 15) is 0 Å². The first-order valence-electron chi connectivity index (χ1n) is 7.28. The molecule has 0 radical (unpaired) electrons. The van der Waals surface area contributed by atoms with E-state index in [4.69, 9.17) is 9.15 Å². The molecule has 2 heterocycles. The van der Waals surface area contributed by atoms with Crippen molar-refractivity contribution in [3.63, 3.8) is 0 Å². The first kappa shape index (κ1) is 12.9. The summed E-state index contributed by atoms with van der Waals surface area (Å²) in [6.07, 6.45) is 6.76. The summed E-state index contributed by atoms with van der Waals surface area (Å²) in [7, 11) is 2.04. The molecule has 19 heavy (non-hydrogen) atoms. The van der Waals surface area contributed by atoms with Crippen LogP contribution < -0.4 is 10.2 Å². The summed E-state index contributed by atoms with van der Waals surface area (Å²) < 4.78 is 11.1. The maximum Gasteiger partial charge on any atom is 0.297 e. The van der Waals surface area contributed by atoms with Crippen molar-refractivity contribution >= 4 is 6.01 Å². The van der Waals surface area contributed by atoms with Gasteiger partial charge in [-0.25, -0.2) is 0 Å². The molecule has 1 saturated heterocycles. The minimum atomic E-state index is 0.596. The number of nitrogens with zero attached hydrogens (tertiary/aromatic N) is 2. The Labute approximate surface area is 114 Å². The Kier molecular flexibility index (Phi) is 4.03. The summed E-state index contributed by atoms with van der Waals surface area (Å²) in [5.74, 6) is 0.596. The van der Waals surface area contributed by atoms with Crippen molar-refractivity contribution < 1.29 is 9.15 Å². The molecular weight excluding hydrogens is 242 g/mol. The van der Waals surface area contributed by atoms with Gasteiger partial charge < -0.3 is 19.4 Å². The van der Waals surface area contributed by atoms with Crippen LogP contribution in [0.1, 0.15) is 31.4 Å². The Hall–Kier alpha value is -1.07.